The zero-order chi connectivity index (χ0) is 23.8. The molecule has 9 heteroatoms. The lowest BCUT2D eigenvalue weighted by Crippen LogP contribution is -2.25. The van der Waals surface area contributed by atoms with Gasteiger partial charge in [0, 0.05) is 15.6 Å². The van der Waals surface area contributed by atoms with E-state index in [1.54, 1.807) is 48.5 Å². The van der Waals surface area contributed by atoms with E-state index in [0.29, 0.717) is 39.3 Å². The van der Waals surface area contributed by atoms with Crippen molar-refractivity contribution in [1.29, 1.82) is 0 Å². The van der Waals surface area contributed by atoms with Gasteiger partial charge in [-0.05, 0) is 64.9 Å². The summed E-state index contributed by atoms with van der Waals surface area (Å²) >= 11 is 14.3. The number of carbonyl (C=O) groups is 1. The van der Waals surface area contributed by atoms with E-state index >= 15 is 0 Å². The number of carbonyl (C=O) groups excluding carboxylic acids is 1. The summed E-state index contributed by atoms with van der Waals surface area (Å²) in [7, 11) is 0. The molecule has 0 aliphatic heterocycles. The summed E-state index contributed by atoms with van der Waals surface area (Å²) in [6.07, 6.45) is 0.165. The number of hydrogen-bond donors (Lipinski definition) is 2. The Morgan fingerprint density at radius 3 is 2.61 bits per heavy atom. The Kier molecular flexibility index (Phi) is 9.37. The lowest BCUT2D eigenvalue weighted by atomic mass is 10.1. The van der Waals surface area contributed by atoms with E-state index in [2.05, 4.69) is 33.1 Å². The van der Waals surface area contributed by atoms with Gasteiger partial charge in [0.25, 0.3) is 5.91 Å². The molecule has 172 valence electrons. The number of nitrogens with one attached hydrogen (secondary N) is 1. The number of amides is 1. The van der Waals surface area contributed by atoms with Gasteiger partial charge in [0.05, 0.1) is 16.4 Å². The summed E-state index contributed by atoms with van der Waals surface area (Å²) in [4.78, 5) is 12.2. The molecular formula is C24H21Cl2IN2O4. The third kappa shape index (κ3) is 7.07. The Morgan fingerprint density at radius 1 is 1.15 bits per heavy atom. The van der Waals surface area contributed by atoms with Crippen molar-refractivity contribution in [1.82, 2.24) is 5.43 Å². The second-order valence-corrected chi connectivity index (χ2v) is 8.84. The van der Waals surface area contributed by atoms with Crippen LogP contribution in [0.25, 0.3) is 0 Å². The molecule has 3 aromatic carbocycles. The second-order valence-electron chi connectivity index (χ2n) is 6.83. The van der Waals surface area contributed by atoms with E-state index in [1.807, 2.05) is 19.1 Å². The van der Waals surface area contributed by atoms with Crippen molar-refractivity contribution in [3.8, 4) is 11.5 Å². The summed E-state index contributed by atoms with van der Waals surface area (Å²) in [5.74, 6) is 0.479. The smallest absolute Gasteiger partial charge is 0.273 e. The van der Waals surface area contributed by atoms with Crippen LogP contribution in [0.5, 0.6) is 11.5 Å². The van der Waals surface area contributed by atoms with Crippen LogP contribution in [-0.2, 0) is 11.4 Å². The molecule has 0 spiro atoms. The zero-order valence-electron chi connectivity index (χ0n) is 17.6. The molecule has 3 rings (SSSR count). The Balaban J connectivity index is 1.71. The number of hydrogen-bond acceptors (Lipinski definition) is 5. The van der Waals surface area contributed by atoms with E-state index in [-0.39, 0.29) is 6.61 Å². The number of nitrogens with zero attached hydrogens (tertiary/aromatic N) is 1. The first-order valence-electron chi connectivity index (χ1n) is 9.98. The van der Waals surface area contributed by atoms with Gasteiger partial charge < -0.3 is 14.6 Å². The van der Waals surface area contributed by atoms with Crippen LogP contribution >= 0.6 is 45.8 Å². The second kappa shape index (κ2) is 12.2. The van der Waals surface area contributed by atoms with Gasteiger partial charge in [-0.25, -0.2) is 5.43 Å². The molecule has 0 radical (unpaired) electrons. The molecule has 0 heterocycles. The molecule has 0 saturated heterocycles. The standard InChI is InChI=1S/C24H21Cl2IN2O4/c1-2-32-21-11-15(13-28-29-24(31)22(30)16-6-4-3-5-7-16)10-20(27)23(21)33-14-17-8-9-18(25)12-19(17)26/h3-13,22,30H,2,14H2,1H3,(H,29,31)/b28-13-/t22-/m1/s1. The molecule has 6 nitrogen and oxygen atoms in total. The zero-order valence-corrected chi connectivity index (χ0v) is 21.3. The molecule has 0 saturated carbocycles. The lowest BCUT2D eigenvalue weighted by molar-refractivity contribution is -0.129. The predicted octanol–water partition coefficient (Wildman–Crippen LogP) is 5.76. The molecule has 1 amide bonds. The molecule has 2 N–H and O–H groups in total. The summed E-state index contributed by atoms with van der Waals surface area (Å²) in [6.45, 7) is 2.56. The van der Waals surface area contributed by atoms with Crippen LogP contribution in [0.1, 0.15) is 29.7 Å². The molecule has 0 bridgehead atoms. The Labute approximate surface area is 215 Å². The maximum atomic E-state index is 12.2. The quantitative estimate of drug-likeness (QED) is 0.186. The highest BCUT2D eigenvalue weighted by atomic mass is 127. The van der Waals surface area contributed by atoms with Gasteiger partial charge in [-0.1, -0.05) is 59.6 Å². The topological polar surface area (TPSA) is 80.2 Å². The maximum absolute atomic E-state index is 12.2. The van der Waals surface area contributed by atoms with Gasteiger partial charge in [-0.15, -0.1) is 0 Å². The van der Waals surface area contributed by atoms with E-state index in [0.717, 1.165) is 9.13 Å². The average molecular weight is 599 g/mol. The third-order valence-corrected chi connectivity index (χ3v) is 5.86. The van der Waals surface area contributed by atoms with Gasteiger partial charge in [-0.3, -0.25) is 4.79 Å². The van der Waals surface area contributed by atoms with E-state index < -0.39 is 12.0 Å². The summed E-state index contributed by atoms with van der Waals surface area (Å²) in [5, 5.41) is 15.2. The van der Waals surface area contributed by atoms with E-state index in [1.165, 1.54) is 6.21 Å². The van der Waals surface area contributed by atoms with Crippen molar-refractivity contribution in [2.45, 2.75) is 19.6 Å². The van der Waals surface area contributed by atoms with Gasteiger partial charge in [0.2, 0.25) is 0 Å². The third-order valence-electron chi connectivity index (χ3n) is 4.47. The minimum absolute atomic E-state index is 0.243. The molecule has 0 aliphatic rings. The molecule has 0 fully saturated rings. The number of benzene rings is 3. The van der Waals surface area contributed by atoms with Crippen LogP contribution in [0.2, 0.25) is 10.0 Å². The first-order valence-corrected chi connectivity index (χ1v) is 11.8. The van der Waals surface area contributed by atoms with Gasteiger partial charge in [-0.2, -0.15) is 5.10 Å². The van der Waals surface area contributed by atoms with Gasteiger partial charge >= 0.3 is 0 Å². The highest BCUT2D eigenvalue weighted by Gasteiger charge is 2.16. The average Bonchev–Trinajstić information content (AvgIpc) is 2.80. The van der Waals surface area contributed by atoms with Gasteiger partial charge in [0.15, 0.2) is 17.6 Å². The normalized spacial score (nSPS) is 11.9. The van der Waals surface area contributed by atoms with Crippen molar-refractivity contribution in [2.24, 2.45) is 5.10 Å². The van der Waals surface area contributed by atoms with Crippen LogP contribution in [0.4, 0.5) is 0 Å². The van der Waals surface area contributed by atoms with Crippen molar-refractivity contribution in [3.63, 3.8) is 0 Å². The van der Waals surface area contributed by atoms with Crippen LogP contribution in [0.15, 0.2) is 65.8 Å². The SMILES string of the molecule is CCOc1cc(/C=N\NC(=O)[C@H](O)c2ccccc2)cc(I)c1OCc1ccc(Cl)cc1Cl. The summed E-state index contributed by atoms with van der Waals surface area (Å²) < 4.78 is 12.5. The summed E-state index contributed by atoms with van der Waals surface area (Å²) in [6, 6.07) is 17.5. The fourth-order valence-electron chi connectivity index (χ4n) is 2.87. The Morgan fingerprint density at radius 2 is 1.91 bits per heavy atom. The minimum atomic E-state index is -1.31. The monoisotopic (exact) mass is 598 g/mol. The number of hydrazone groups is 1. The van der Waals surface area contributed by atoms with Crippen molar-refractivity contribution in [2.75, 3.05) is 6.61 Å². The molecular weight excluding hydrogens is 578 g/mol. The highest BCUT2D eigenvalue weighted by molar-refractivity contribution is 14.1. The first-order chi connectivity index (χ1) is 15.9. The molecule has 0 unspecified atom stereocenters. The number of aliphatic hydroxyl groups is 1. The van der Waals surface area contributed by atoms with Gasteiger partial charge in [0.1, 0.15) is 6.61 Å². The van der Waals surface area contributed by atoms with E-state index in [4.69, 9.17) is 32.7 Å². The fraction of sp³-hybridized carbons (Fsp3) is 0.167. The first kappa shape index (κ1) is 25.3. The Hall–Kier alpha value is -2.33. The number of halogens is 3. The van der Waals surface area contributed by atoms with Crippen molar-refractivity contribution >= 4 is 57.9 Å². The number of rotatable bonds is 9. The van der Waals surface area contributed by atoms with Crippen LogP contribution in [0, 0.1) is 3.57 Å². The van der Waals surface area contributed by atoms with Crippen molar-refractivity contribution < 1.29 is 19.4 Å². The molecule has 1 atom stereocenters. The Bertz CT molecular complexity index is 1140. The lowest BCUT2D eigenvalue weighted by Gasteiger charge is -2.15. The van der Waals surface area contributed by atoms with Crippen LogP contribution < -0.4 is 14.9 Å². The minimum Gasteiger partial charge on any atom is -0.490 e. The van der Waals surface area contributed by atoms with Crippen molar-refractivity contribution in [3.05, 3.63) is 91.0 Å². The number of ether oxygens (including phenoxy) is 2. The molecule has 0 aliphatic carbocycles. The molecule has 33 heavy (non-hydrogen) atoms. The predicted molar refractivity (Wildman–Crippen MR) is 138 cm³/mol. The molecule has 0 aromatic heterocycles. The van der Waals surface area contributed by atoms with Crippen LogP contribution in [0.3, 0.4) is 0 Å². The van der Waals surface area contributed by atoms with Crippen LogP contribution in [-0.4, -0.2) is 23.8 Å². The molecule has 3 aromatic rings. The fourth-order valence-corrected chi connectivity index (χ4v) is 4.12. The highest BCUT2D eigenvalue weighted by Crippen LogP contribution is 2.35. The maximum Gasteiger partial charge on any atom is 0.273 e. The summed E-state index contributed by atoms with van der Waals surface area (Å²) in [5.41, 5.74) is 4.32. The number of aliphatic hydroxyl groups excluding tert-OH is 1. The van der Waals surface area contributed by atoms with E-state index in [9.17, 15) is 9.90 Å². The largest absolute Gasteiger partial charge is 0.490 e.